The van der Waals surface area contributed by atoms with E-state index in [9.17, 15) is 20.2 Å². The molecule has 7 heteroatoms. The number of ether oxygens (including phenoxy) is 1. The normalized spacial score (nSPS) is 10.7. The lowest BCUT2D eigenvalue weighted by Crippen LogP contribution is -2.13. The Bertz CT molecular complexity index is 897. The maximum Gasteiger partial charge on any atom is 0.272 e. The Labute approximate surface area is 144 Å². The van der Waals surface area contributed by atoms with Gasteiger partial charge in [-0.15, -0.1) is 0 Å². The van der Waals surface area contributed by atoms with Gasteiger partial charge in [0.25, 0.3) is 11.6 Å². The van der Waals surface area contributed by atoms with Crippen molar-refractivity contribution in [1.29, 1.82) is 5.26 Å². The average Bonchev–Trinajstić information content (AvgIpc) is 2.60. The van der Waals surface area contributed by atoms with Gasteiger partial charge in [-0.25, -0.2) is 0 Å². The molecule has 2 aromatic carbocycles. The Kier molecular flexibility index (Phi) is 5.48. The molecule has 2 aromatic rings. The maximum atomic E-state index is 12.3. The van der Waals surface area contributed by atoms with Crippen molar-refractivity contribution in [3.05, 3.63) is 69.3 Å². The van der Waals surface area contributed by atoms with E-state index in [0.29, 0.717) is 22.6 Å². The highest BCUT2D eigenvalue weighted by Crippen LogP contribution is 2.22. The van der Waals surface area contributed by atoms with E-state index in [-0.39, 0.29) is 11.3 Å². The topological polar surface area (TPSA) is 105 Å². The fourth-order valence-electron chi connectivity index (χ4n) is 2.13. The number of carbonyl (C=O) groups is 1. The SMILES string of the molecule is COc1cccc(NC(=O)/C(C#N)=C/c2ccc(C)c([N+](=O)[O-])c2)c1. The second kappa shape index (κ2) is 7.75. The molecule has 0 atom stereocenters. The molecule has 0 saturated heterocycles. The number of nitriles is 1. The molecule has 0 saturated carbocycles. The smallest absolute Gasteiger partial charge is 0.272 e. The van der Waals surface area contributed by atoms with Gasteiger partial charge in [-0.05, 0) is 30.7 Å². The second-order valence-electron chi connectivity index (χ2n) is 5.16. The zero-order valence-electron chi connectivity index (χ0n) is 13.6. The third-order valence-corrected chi connectivity index (χ3v) is 3.43. The molecule has 0 aliphatic heterocycles. The van der Waals surface area contributed by atoms with Crippen molar-refractivity contribution < 1.29 is 14.5 Å². The molecule has 0 spiro atoms. The number of methoxy groups -OCH3 is 1. The van der Waals surface area contributed by atoms with Gasteiger partial charge in [0.15, 0.2) is 0 Å². The van der Waals surface area contributed by atoms with Crippen molar-refractivity contribution in [3.8, 4) is 11.8 Å². The summed E-state index contributed by atoms with van der Waals surface area (Å²) in [5.41, 5.74) is 1.14. The number of nitro benzene ring substituents is 1. The van der Waals surface area contributed by atoms with Gasteiger partial charge < -0.3 is 10.1 Å². The van der Waals surface area contributed by atoms with Gasteiger partial charge in [-0.1, -0.05) is 18.2 Å². The van der Waals surface area contributed by atoms with Gasteiger partial charge in [-0.3, -0.25) is 14.9 Å². The lowest BCUT2D eigenvalue weighted by molar-refractivity contribution is -0.385. The summed E-state index contributed by atoms with van der Waals surface area (Å²) in [7, 11) is 1.51. The molecule has 0 bridgehead atoms. The van der Waals surface area contributed by atoms with Crippen molar-refractivity contribution in [1.82, 2.24) is 0 Å². The van der Waals surface area contributed by atoms with Crippen molar-refractivity contribution >= 4 is 23.4 Å². The number of amides is 1. The number of nitro groups is 1. The van der Waals surface area contributed by atoms with E-state index in [4.69, 9.17) is 4.74 Å². The number of anilines is 1. The van der Waals surface area contributed by atoms with Crippen LogP contribution in [0.5, 0.6) is 5.75 Å². The Morgan fingerprint density at radius 1 is 1.32 bits per heavy atom. The van der Waals surface area contributed by atoms with E-state index in [0.717, 1.165) is 0 Å². The highest BCUT2D eigenvalue weighted by Gasteiger charge is 2.13. The van der Waals surface area contributed by atoms with Gasteiger partial charge in [0.05, 0.1) is 12.0 Å². The lowest BCUT2D eigenvalue weighted by atomic mass is 10.1. The molecule has 0 unspecified atom stereocenters. The summed E-state index contributed by atoms with van der Waals surface area (Å²) in [6.07, 6.45) is 1.31. The monoisotopic (exact) mass is 337 g/mol. The number of benzene rings is 2. The summed E-state index contributed by atoms with van der Waals surface area (Å²) in [6.45, 7) is 1.62. The highest BCUT2D eigenvalue weighted by molar-refractivity contribution is 6.09. The van der Waals surface area contributed by atoms with Crippen molar-refractivity contribution in [3.63, 3.8) is 0 Å². The first-order valence-electron chi connectivity index (χ1n) is 7.27. The van der Waals surface area contributed by atoms with E-state index >= 15 is 0 Å². The maximum absolute atomic E-state index is 12.3. The van der Waals surface area contributed by atoms with Crippen LogP contribution in [0, 0.1) is 28.4 Å². The Morgan fingerprint density at radius 3 is 2.72 bits per heavy atom. The zero-order valence-corrected chi connectivity index (χ0v) is 13.6. The van der Waals surface area contributed by atoms with Crippen LogP contribution >= 0.6 is 0 Å². The number of aryl methyl sites for hydroxylation is 1. The minimum atomic E-state index is -0.612. The molecule has 0 fully saturated rings. The van der Waals surface area contributed by atoms with Crippen molar-refractivity contribution in [2.45, 2.75) is 6.92 Å². The summed E-state index contributed by atoms with van der Waals surface area (Å²) >= 11 is 0. The van der Waals surface area contributed by atoms with Gasteiger partial charge in [-0.2, -0.15) is 5.26 Å². The standard InChI is InChI=1S/C18H15N3O4/c1-12-6-7-13(9-17(12)21(23)24)8-14(11-19)18(22)20-15-4-3-5-16(10-15)25-2/h3-10H,1-2H3,(H,20,22)/b14-8+. The number of hydrogen-bond acceptors (Lipinski definition) is 5. The highest BCUT2D eigenvalue weighted by atomic mass is 16.6. The summed E-state index contributed by atoms with van der Waals surface area (Å²) in [6, 6.07) is 13.0. The molecule has 1 N–H and O–H groups in total. The minimum absolute atomic E-state index is 0.0701. The molecule has 0 aliphatic carbocycles. The first-order chi connectivity index (χ1) is 11.9. The molecule has 0 aliphatic rings. The molecule has 126 valence electrons. The summed E-state index contributed by atoms with van der Waals surface area (Å²) in [4.78, 5) is 22.7. The molecule has 7 nitrogen and oxygen atoms in total. The predicted octanol–water partition coefficient (Wildman–Crippen LogP) is 3.46. The van der Waals surface area contributed by atoms with E-state index in [1.807, 2.05) is 6.07 Å². The molecule has 1 amide bonds. The zero-order chi connectivity index (χ0) is 18.4. The third kappa shape index (κ3) is 4.42. The molecule has 2 rings (SSSR count). The minimum Gasteiger partial charge on any atom is -0.497 e. The first-order valence-corrected chi connectivity index (χ1v) is 7.27. The summed E-state index contributed by atoms with van der Waals surface area (Å²) in [5, 5.41) is 22.8. The molecule has 25 heavy (non-hydrogen) atoms. The lowest BCUT2D eigenvalue weighted by Gasteiger charge is -2.06. The van der Waals surface area contributed by atoms with E-state index in [1.165, 1.54) is 19.3 Å². The van der Waals surface area contributed by atoms with Crippen LogP contribution in [0.4, 0.5) is 11.4 Å². The van der Waals surface area contributed by atoms with E-state index < -0.39 is 10.8 Å². The van der Waals surface area contributed by atoms with Gasteiger partial charge in [0.1, 0.15) is 17.4 Å². The van der Waals surface area contributed by atoms with Crippen LogP contribution < -0.4 is 10.1 Å². The third-order valence-electron chi connectivity index (χ3n) is 3.43. The largest absolute Gasteiger partial charge is 0.497 e. The van der Waals surface area contributed by atoms with Crippen LogP contribution in [0.1, 0.15) is 11.1 Å². The van der Waals surface area contributed by atoms with Crippen LogP contribution in [0.15, 0.2) is 48.0 Å². The first kappa shape index (κ1) is 17.7. The number of nitrogens with zero attached hydrogens (tertiary/aromatic N) is 2. The van der Waals surface area contributed by atoms with Crippen LogP contribution in [0.25, 0.3) is 6.08 Å². The average molecular weight is 337 g/mol. The van der Waals surface area contributed by atoms with Crippen LogP contribution in [-0.4, -0.2) is 17.9 Å². The molecule has 0 radical (unpaired) electrons. The Balaban J connectivity index is 2.28. The van der Waals surface area contributed by atoms with Crippen LogP contribution in [-0.2, 0) is 4.79 Å². The number of rotatable bonds is 5. The van der Waals surface area contributed by atoms with Crippen LogP contribution in [0.3, 0.4) is 0 Å². The fraction of sp³-hybridized carbons (Fsp3) is 0.111. The van der Waals surface area contributed by atoms with Gasteiger partial charge in [0, 0.05) is 23.4 Å². The summed E-state index contributed by atoms with van der Waals surface area (Å²) in [5.74, 6) is -0.0478. The number of nitrogens with one attached hydrogen (secondary N) is 1. The summed E-state index contributed by atoms with van der Waals surface area (Å²) < 4.78 is 5.07. The number of carbonyl (C=O) groups excluding carboxylic acids is 1. The quantitative estimate of drug-likeness (QED) is 0.389. The molecular weight excluding hydrogens is 322 g/mol. The second-order valence-corrected chi connectivity index (χ2v) is 5.16. The van der Waals surface area contributed by atoms with E-state index in [1.54, 1.807) is 43.3 Å². The van der Waals surface area contributed by atoms with Gasteiger partial charge >= 0.3 is 0 Å². The number of hydrogen-bond donors (Lipinski definition) is 1. The Morgan fingerprint density at radius 2 is 2.08 bits per heavy atom. The fourth-order valence-corrected chi connectivity index (χ4v) is 2.13. The van der Waals surface area contributed by atoms with Gasteiger partial charge in [0.2, 0.25) is 0 Å². The van der Waals surface area contributed by atoms with Crippen molar-refractivity contribution in [2.75, 3.05) is 12.4 Å². The van der Waals surface area contributed by atoms with E-state index in [2.05, 4.69) is 5.32 Å². The predicted molar refractivity (Wildman–Crippen MR) is 93.0 cm³/mol. The Hall–Kier alpha value is -3.66. The van der Waals surface area contributed by atoms with Crippen LogP contribution in [0.2, 0.25) is 0 Å². The molecule has 0 heterocycles. The van der Waals surface area contributed by atoms with Crippen molar-refractivity contribution in [2.24, 2.45) is 0 Å². The molecular formula is C18H15N3O4. The molecule has 0 aromatic heterocycles.